The molecule has 0 saturated heterocycles. The Kier molecular flexibility index (Phi) is 6.05. The molecule has 1 rings (SSSR count). The minimum Gasteiger partial charge on any atom is -0.301 e. The monoisotopic (exact) mass is 258 g/mol. The fourth-order valence-electron chi connectivity index (χ4n) is 2.60. The molecule has 104 valence electrons. The topological polar surface area (TPSA) is 27.0 Å². The number of rotatable bonds is 6. The number of hydrogen-bond acceptors (Lipinski definition) is 2. The van der Waals surface area contributed by atoms with Gasteiger partial charge in [0.05, 0.1) is 18.0 Å². The third kappa shape index (κ3) is 4.36. The van der Waals surface area contributed by atoms with Crippen molar-refractivity contribution < 1.29 is 0 Å². The Balaban J connectivity index is 2.95. The molecule has 19 heavy (non-hydrogen) atoms. The van der Waals surface area contributed by atoms with Crippen LogP contribution in [0.2, 0.25) is 0 Å². The van der Waals surface area contributed by atoms with Crippen LogP contribution in [0.3, 0.4) is 0 Å². The quantitative estimate of drug-likeness (QED) is 0.770. The highest BCUT2D eigenvalue weighted by molar-refractivity contribution is 5.27. The van der Waals surface area contributed by atoms with Crippen LogP contribution in [0, 0.1) is 23.2 Å². The minimum absolute atomic E-state index is 0.0472. The summed E-state index contributed by atoms with van der Waals surface area (Å²) in [5, 5.41) is 9.30. The predicted octanol–water partition coefficient (Wildman–Crippen LogP) is 4.04. The second-order valence-electron chi connectivity index (χ2n) is 5.89. The molecular weight excluding hydrogens is 232 g/mol. The van der Waals surface area contributed by atoms with E-state index >= 15 is 0 Å². The van der Waals surface area contributed by atoms with Crippen LogP contribution < -0.4 is 0 Å². The van der Waals surface area contributed by atoms with Gasteiger partial charge < -0.3 is 4.90 Å². The van der Waals surface area contributed by atoms with Crippen LogP contribution in [-0.4, -0.2) is 19.0 Å². The van der Waals surface area contributed by atoms with Crippen molar-refractivity contribution in [2.24, 2.45) is 11.8 Å². The molecule has 0 aliphatic carbocycles. The molecule has 0 radical (unpaired) electrons. The van der Waals surface area contributed by atoms with Gasteiger partial charge in [0.25, 0.3) is 0 Å². The molecule has 0 spiro atoms. The predicted molar refractivity (Wildman–Crippen MR) is 80.8 cm³/mol. The maximum absolute atomic E-state index is 9.30. The van der Waals surface area contributed by atoms with Gasteiger partial charge in [-0.1, -0.05) is 45.0 Å². The minimum atomic E-state index is 0.0472. The smallest absolute Gasteiger partial charge is 0.0675 e. The van der Waals surface area contributed by atoms with E-state index in [0.29, 0.717) is 5.92 Å². The van der Waals surface area contributed by atoms with Gasteiger partial charge in [0.2, 0.25) is 0 Å². The zero-order valence-electron chi connectivity index (χ0n) is 12.9. The van der Waals surface area contributed by atoms with Gasteiger partial charge in [0.1, 0.15) is 0 Å². The summed E-state index contributed by atoms with van der Waals surface area (Å²) in [5.74, 6) is 0.726. The molecule has 0 fully saturated rings. The van der Waals surface area contributed by atoms with Gasteiger partial charge in [-0.05, 0) is 44.0 Å². The summed E-state index contributed by atoms with van der Waals surface area (Å²) < 4.78 is 0. The summed E-state index contributed by atoms with van der Waals surface area (Å²) in [6.07, 6.45) is 2.00. The maximum Gasteiger partial charge on any atom is 0.0675 e. The lowest BCUT2D eigenvalue weighted by Crippen LogP contribution is -2.26. The molecule has 0 aliphatic rings. The van der Waals surface area contributed by atoms with E-state index in [4.69, 9.17) is 0 Å². The highest BCUT2D eigenvalue weighted by Gasteiger charge is 2.23. The fourth-order valence-corrected chi connectivity index (χ4v) is 2.60. The van der Waals surface area contributed by atoms with Crippen LogP contribution in [0.25, 0.3) is 0 Å². The van der Waals surface area contributed by atoms with Crippen molar-refractivity contribution in [1.29, 1.82) is 5.26 Å². The molecule has 0 heterocycles. The molecule has 2 atom stereocenters. The third-order valence-electron chi connectivity index (χ3n) is 3.51. The van der Waals surface area contributed by atoms with Crippen molar-refractivity contribution in [3.8, 4) is 6.07 Å². The second kappa shape index (κ2) is 7.31. The molecule has 0 amide bonds. The van der Waals surface area contributed by atoms with E-state index in [1.807, 2.05) is 14.1 Å². The summed E-state index contributed by atoms with van der Waals surface area (Å²) in [6.45, 7) is 6.55. The molecular formula is C17H26N2. The molecule has 2 heteroatoms. The van der Waals surface area contributed by atoms with Gasteiger partial charge in [-0.2, -0.15) is 5.26 Å². The number of nitriles is 1. The molecule has 0 aliphatic heterocycles. The van der Waals surface area contributed by atoms with Crippen molar-refractivity contribution in [3.63, 3.8) is 0 Å². The van der Waals surface area contributed by atoms with Crippen molar-refractivity contribution in [2.45, 2.75) is 39.7 Å². The van der Waals surface area contributed by atoms with Gasteiger partial charge in [-0.15, -0.1) is 0 Å². The van der Waals surface area contributed by atoms with E-state index in [2.05, 4.69) is 56.0 Å². The number of hydrogen-bond donors (Lipinski definition) is 0. The molecule has 0 saturated carbocycles. The van der Waals surface area contributed by atoms with E-state index in [1.165, 1.54) is 11.1 Å². The van der Waals surface area contributed by atoms with E-state index in [1.54, 1.807) is 0 Å². The van der Waals surface area contributed by atoms with E-state index in [9.17, 15) is 5.26 Å². The zero-order valence-corrected chi connectivity index (χ0v) is 12.9. The van der Waals surface area contributed by atoms with Gasteiger partial charge in [-0.3, -0.25) is 0 Å². The Morgan fingerprint density at radius 1 is 1.16 bits per heavy atom. The van der Waals surface area contributed by atoms with Gasteiger partial charge in [-0.25, -0.2) is 0 Å². The number of nitrogens with zero attached hydrogens (tertiary/aromatic N) is 2. The molecule has 1 aromatic carbocycles. The lowest BCUT2D eigenvalue weighted by Gasteiger charge is -2.28. The van der Waals surface area contributed by atoms with Crippen LogP contribution in [0.15, 0.2) is 24.3 Å². The van der Waals surface area contributed by atoms with E-state index in [0.717, 1.165) is 12.8 Å². The molecule has 2 unspecified atom stereocenters. The Bertz CT molecular complexity index is 412. The normalized spacial score (nSPS) is 14.4. The van der Waals surface area contributed by atoms with Crippen LogP contribution >= 0.6 is 0 Å². The largest absolute Gasteiger partial charge is 0.301 e. The Morgan fingerprint density at radius 2 is 1.74 bits per heavy atom. The average molecular weight is 258 g/mol. The van der Waals surface area contributed by atoms with Crippen LogP contribution in [-0.2, 0) is 6.42 Å². The fraction of sp³-hybridized carbons (Fsp3) is 0.588. The Labute approximate surface area is 118 Å². The first-order chi connectivity index (χ1) is 8.99. The van der Waals surface area contributed by atoms with Crippen molar-refractivity contribution in [1.82, 2.24) is 4.90 Å². The summed E-state index contributed by atoms with van der Waals surface area (Å²) in [4.78, 5) is 2.15. The van der Waals surface area contributed by atoms with Crippen molar-refractivity contribution >= 4 is 0 Å². The standard InChI is InChI=1S/C17H26N2/c1-6-15(12-18)17(19(4)5)16-9-7-14(8-10-16)11-13(2)3/h7-10,13,15,17H,6,11H2,1-5H3. The SMILES string of the molecule is CCC(C#N)C(c1ccc(CC(C)C)cc1)N(C)C. The lowest BCUT2D eigenvalue weighted by molar-refractivity contribution is 0.241. The average Bonchev–Trinajstić information content (AvgIpc) is 2.36. The highest BCUT2D eigenvalue weighted by Crippen LogP contribution is 2.29. The van der Waals surface area contributed by atoms with Crippen LogP contribution in [0.5, 0.6) is 0 Å². The molecule has 2 nitrogen and oxygen atoms in total. The Morgan fingerprint density at radius 3 is 2.11 bits per heavy atom. The first-order valence-corrected chi connectivity index (χ1v) is 7.14. The number of benzene rings is 1. The van der Waals surface area contributed by atoms with E-state index in [-0.39, 0.29) is 12.0 Å². The van der Waals surface area contributed by atoms with Gasteiger partial charge >= 0.3 is 0 Å². The summed E-state index contributed by atoms with van der Waals surface area (Å²) in [5.41, 5.74) is 2.62. The van der Waals surface area contributed by atoms with Crippen LogP contribution in [0.1, 0.15) is 44.4 Å². The molecule has 1 aromatic rings. The van der Waals surface area contributed by atoms with Crippen LogP contribution in [0.4, 0.5) is 0 Å². The summed E-state index contributed by atoms with van der Waals surface area (Å²) in [7, 11) is 4.10. The van der Waals surface area contributed by atoms with Gasteiger partial charge in [0, 0.05) is 0 Å². The first-order valence-electron chi connectivity index (χ1n) is 7.14. The summed E-state index contributed by atoms with van der Waals surface area (Å²) in [6, 6.07) is 11.4. The van der Waals surface area contributed by atoms with Gasteiger partial charge in [0.15, 0.2) is 0 Å². The maximum atomic E-state index is 9.30. The highest BCUT2D eigenvalue weighted by atomic mass is 15.1. The second-order valence-corrected chi connectivity index (χ2v) is 5.89. The lowest BCUT2D eigenvalue weighted by atomic mass is 9.90. The molecule has 0 aromatic heterocycles. The summed E-state index contributed by atoms with van der Waals surface area (Å²) >= 11 is 0. The molecule has 0 bridgehead atoms. The molecule has 0 N–H and O–H groups in total. The zero-order chi connectivity index (χ0) is 14.4. The Hall–Kier alpha value is -1.33. The van der Waals surface area contributed by atoms with Crippen molar-refractivity contribution in [3.05, 3.63) is 35.4 Å². The van der Waals surface area contributed by atoms with E-state index < -0.39 is 0 Å². The van der Waals surface area contributed by atoms with Crippen molar-refractivity contribution in [2.75, 3.05) is 14.1 Å². The first kappa shape index (κ1) is 15.7. The third-order valence-corrected chi connectivity index (χ3v) is 3.51.